The third kappa shape index (κ3) is 3.04. The first-order valence-electron chi connectivity index (χ1n) is 7.49. The van der Waals surface area contributed by atoms with Crippen molar-refractivity contribution in [2.45, 2.75) is 31.6 Å². The normalized spacial score (nSPS) is 19.9. The molecule has 1 aromatic carbocycles. The summed E-state index contributed by atoms with van der Waals surface area (Å²) >= 11 is 6.47. The maximum atomic E-state index is 6.47. The Morgan fingerprint density at radius 3 is 2.60 bits per heavy atom. The van der Waals surface area contributed by atoms with Gasteiger partial charge < -0.3 is 14.8 Å². The van der Waals surface area contributed by atoms with Crippen LogP contribution in [0.15, 0.2) is 12.1 Å². The van der Waals surface area contributed by atoms with Crippen molar-refractivity contribution in [1.29, 1.82) is 0 Å². The van der Waals surface area contributed by atoms with Crippen molar-refractivity contribution in [3.63, 3.8) is 0 Å². The highest BCUT2D eigenvalue weighted by Crippen LogP contribution is 2.44. The van der Waals surface area contributed by atoms with E-state index in [9.17, 15) is 0 Å². The number of hydrogen-bond donors (Lipinski definition) is 1. The van der Waals surface area contributed by atoms with Crippen molar-refractivity contribution in [1.82, 2.24) is 5.32 Å². The number of nitrogens with one attached hydrogen (secondary N) is 1. The van der Waals surface area contributed by atoms with Crippen LogP contribution in [0.1, 0.15) is 37.2 Å². The van der Waals surface area contributed by atoms with E-state index in [2.05, 4.69) is 5.32 Å². The quantitative estimate of drug-likeness (QED) is 0.900. The van der Waals surface area contributed by atoms with E-state index in [0.29, 0.717) is 5.92 Å². The maximum Gasteiger partial charge on any atom is 0.166 e. The lowest BCUT2D eigenvalue weighted by Gasteiger charge is -2.26. The monoisotopic (exact) mass is 295 g/mol. The molecular formula is C16H22ClNO2. The fourth-order valence-electron chi connectivity index (χ4n) is 2.84. The molecule has 0 bridgehead atoms. The Morgan fingerprint density at radius 1 is 1.20 bits per heavy atom. The van der Waals surface area contributed by atoms with Crippen LogP contribution in [0.5, 0.6) is 11.5 Å². The zero-order valence-corrected chi connectivity index (χ0v) is 12.7. The van der Waals surface area contributed by atoms with Gasteiger partial charge in [-0.15, -0.1) is 0 Å². The van der Waals surface area contributed by atoms with Crippen molar-refractivity contribution in [3.8, 4) is 11.5 Å². The van der Waals surface area contributed by atoms with E-state index in [1.165, 1.54) is 12.8 Å². The van der Waals surface area contributed by atoms with Crippen LogP contribution in [0.2, 0.25) is 5.02 Å². The molecular weight excluding hydrogens is 274 g/mol. The third-order valence-corrected chi connectivity index (χ3v) is 4.56. The largest absolute Gasteiger partial charge is 0.493 e. The molecule has 2 fully saturated rings. The van der Waals surface area contributed by atoms with Crippen LogP contribution in [0.25, 0.3) is 0 Å². The fraction of sp³-hybridized carbons (Fsp3) is 0.625. The molecule has 0 unspecified atom stereocenters. The van der Waals surface area contributed by atoms with Gasteiger partial charge in [-0.1, -0.05) is 11.6 Å². The SMILES string of the molecule is COc1ccc(Cl)c(C2CCNCC2)c1OCC1CC1. The van der Waals surface area contributed by atoms with Gasteiger partial charge in [-0.05, 0) is 62.7 Å². The van der Waals surface area contributed by atoms with Gasteiger partial charge in [0, 0.05) is 10.6 Å². The summed E-state index contributed by atoms with van der Waals surface area (Å²) in [5.41, 5.74) is 1.15. The summed E-state index contributed by atoms with van der Waals surface area (Å²) in [6.45, 7) is 2.87. The average Bonchev–Trinajstić information content (AvgIpc) is 3.30. The number of hydrogen-bond acceptors (Lipinski definition) is 3. The summed E-state index contributed by atoms with van der Waals surface area (Å²) in [6.07, 6.45) is 4.77. The number of ether oxygens (including phenoxy) is 2. The first kappa shape index (κ1) is 14.0. The van der Waals surface area contributed by atoms with Crippen molar-refractivity contribution < 1.29 is 9.47 Å². The fourth-order valence-corrected chi connectivity index (χ4v) is 3.14. The minimum Gasteiger partial charge on any atom is -0.493 e. The number of methoxy groups -OCH3 is 1. The Balaban J connectivity index is 1.90. The van der Waals surface area contributed by atoms with E-state index in [0.717, 1.165) is 60.5 Å². The molecule has 0 amide bonds. The second-order valence-corrected chi connectivity index (χ2v) is 6.18. The van der Waals surface area contributed by atoms with Gasteiger partial charge in [-0.3, -0.25) is 0 Å². The zero-order chi connectivity index (χ0) is 13.9. The molecule has 20 heavy (non-hydrogen) atoms. The highest BCUT2D eigenvalue weighted by Gasteiger charge is 2.27. The first-order valence-corrected chi connectivity index (χ1v) is 7.87. The molecule has 1 N–H and O–H groups in total. The van der Waals surface area contributed by atoms with Crippen molar-refractivity contribution in [2.75, 3.05) is 26.8 Å². The highest BCUT2D eigenvalue weighted by molar-refractivity contribution is 6.31. The Labute approximate surface area is 125 Å². The number of benzene rings is 1. The highest BCUT2D eigenvalue weighted by atomic mass is 35.5. The predicted octanol–water partition coefficient (Wildman–Crippen LogP) is 3.60. The van der Waals surface area contributed by atoms with Crippen LogP contribution < -0.4 is 14.8 Å². The van der Waals surface area contributed by atoms with Crippen molar-refractivity contribution in [2.24, 2.45) is 5.92 Å². The standard InChI is InChI=1S/C16H22ClNO2/c1-19-14-5-4-13(17)15(12-6-8-18-9-7-12)16(14)20-10-11-2-3-11/h4-5,11-12,18H,2-3,6-10H2,1H3. The lowest BCUT2D eigenvalue weighted by Crippen LogP contribution is -2.27. The van der Waals surface area contributed by atoms with Gasteiger partial charge in [0.2, 0.25) is 0 Å². The zero-order valence-electron chi connectivity index (χ0n) is 12.0. The molecule has 3 nitrogen and oxygen atoms in total. The van der Waals surface area contributed by atoms with Crippen LogP contribution in [-0.4, -0.2) is 26.8 Å². The van der Waals surface area contributed by atoms with E-state index in [-0.39, 0.29) is 0 Å². The van der Waals surface area contributed by atoms with Gasteiger partial charge in [0.15, 0.2) is 11.5 Å². The molecule has 0 radical (unpaired) electrons. The maximum absolute atomic E-state index is 6.47. The summed E-state index contributed by atoms with van der Waals surface area (Å²) in [4.78, 5) is 0. The van der Waals surface area contributed by atoms with Crippen LogP contribution in [-0.2, 0) is 0 Å². The van der Waals surface area contributed by atoms with Gasteiger partial charge in [-0.2, -0.15) is 0 Å². The molecule has 1 aliphatic carbocycles. The molecule has 3 rings (SSSR count). The minimum absolute atomic E-state index is 0.466. The van der Waals surface area contributed by atoms with Crippen LogP contribution >= 0.6 is 11.6 Å². The molecule has 110 valence electrons. The lowest BCUT2D eigenvalue weighted by atomic mass is 9.89. The molecule has 1 saturated heterocycles. The second-order valence-electron chi connectivity index (χ2n) is 5.77. The first-order chi connectivity index (χ1) is 9.79. The Hall–Kier alpha value is -0.930. The summed E-state index contributed by atoms with van der Waals surface area (Å²) in [5, 5.41) is 4.21. The molecule has 0 atom stereocenters. The number of rotatable bonds is 5. The van der Waals surface area contributed by atoms with Gasteiger partial charge in [-0.25, -0.2) is 0 Å². The van der Waals surface area contributed by atoms with Gasteiger partial charge >= 0.3 is 0 Å². The van der Waals surface area contributed by atoms with Gasteiger partial charge in [0.25, 0.3) is 0 Å². The molecule has 0 aromatic heterocycles. The summed E-state index contributed by atoms with van der Waals surface area (Å²) in [7, 11) is 1.69. The molecule has 1 aromatic rings. The van der Waals surface area contributed by atoms with E-state index in [1.807, 2.05) is 12.1 Å². The smallest absolute Gasteiger partial charge is 0.166 e. The van der Waals surface area contributed by atoms with E-state index in [1.54, 1.807) is 7.11 Å². The van der Waals surface area contributed by atoms with E-state index in [4.69, 9.17) is 21.1 Å². The second kappa shape index (κ2) is 6.23. The number of piperidine rings is 1. The van der Waals surface area contributed by atoms with Crippen LogP contribution in [0.4, 0.5) is 0 Å². The minimum atomic E-state index is 0.466. The molecule has 1 saturated carbocycles. The molecule has 1 heterocycles. The molecule has 4 heteroatoms. The summed E-state index contributed by atoms with van der Waals surface area (Å²) in [6, 6.07) is 3.84. The summed E-state index contributed by atoms with van der Waals surface area (Å²) < 4.78 is 11.6. The predicted molar refractivity (Wildman–Crippen MR) is 81.1 cm³/mol. The van der Waals surface area contributed by atoms with Crippen LogP contribution in [0.3, 0.4) is 0 Å². The van der Waals surface area contributed by atoms with Gasteiger partial charge in [0.05, 0.1) is 13.7 Å². The van der Waals surface area contributed by atoms with E-state index >= 15 is 0 Å². The Bertz CT molecular complexity index is 468. The number of halogens is 1. The van der Waals surface area contributed by atoms with Gasteiger partial charge in [0.1, 0.15) is 0 Å². The Morgan fingerprint density at radius 2 is 1.95 bits per heavy atom. The van der Waals surface area contributed by atoms with Crippen molar-refractivity contribution >= 4 is 11.6 Å². The molecule has 2 aliphatic rings. The summed E-state index contributed by atoms with van der Waals surface area (Å²) in [5.74, 6) is 2.87. The third-order valence-electron chi connectivity index (χ3n) is 4.23. The Kier molecular flexibility index (Phi) is 4.37. The lowest BCUT2D eigenvalue weighted by molar-refractivity contribution is 0.273. The van der Waals surface area contributed by atoms with Crippen molar-refractivity contribution in [3.05, 3.63) is 22.7 Å². The molecule has 0 spiro atoms. The van der Waals surface area contributed by atoms with Crippen LogP contribution in [0, 0.1) is 5.92 Å². The molecule has 1 aliphatic heterocycles. The van der Waals surface area contributed by atoms with E-state index < -0.39 is 0 Å². The average molecular weight is 296 g/mol. The topological polar surface area (TPSA) is 30.5 Å².